The van der Waals surface area contributed by atoms with E-state index >= 15 is 0 Å². The molecule has 0 bridgehead atoms. The third-order valence-electron chi connectivity index (χ3n) is 2.67. The molecule has 0 aliphatic carbocycles. The van der Waals surface area contributed by atoms with Gasteiger partial charge in [0, 0.05) is 22.8 Å². The van der Waals surface area contributed by atoms with Gasteiger partial charge in [-0.1, -0.05) is 15.9 Å². The summed E-state index contributed by atoms with van der Waals surface area (Å²) in [5.41, 5.74) is 1.13. The predicted octanol–water partition coefficient (Wildman–Crippen LogP) is 1.99. The van der Waals surface area contributed by atoms with E-state index < -0.39 is 18.0 Å². The summed E-state index contributed by atoms with van der Waals surface area (Å²) in [5, 5.41) is 14.1. The fraction of sp³-hybridized carbons (Fsp3) is 0.154. The highest BCUT2D eigenvalue weighted by Gasteiger charge is 2.21. The number of amides is 2. The van der Waals surface area contributed by atoms with Gasteiger partial charge in [-0.15, -0.1) is 0 Å². The number of rotatable bonds is 5. The van der Waals surface area contributed by atoms with Gasteiger partial charge in [0.2, 0.25) is 0 Å². The second-order valence-electron chi connectivity index (χ2n) is 4.26. The molecule has 0 fully saturated rings. The summed E-state index contributed by atoms with van der Waals surface area (Å²) in [6.07, 6.45) is 3.15. The van der Waals surface area contributed by atoms with Gasteiger partial charge in [-0.25, -0.2) is 14.6 Å². The molecule has 1 aromatic carbocycles. The van der Waals surface area contributed by atoms with Crippen LogP contribution in [0.1, 0.15) is 5.69 Å². The molecule has 7 nitrogen and oxygen atoms in total. The molecular weight excluding hydrogens is 340 g/mol. The number of carbonyl (C=O) groups excluding carboxylic acids is 1. The van der Waals surface area contributed by atoms with Crippen molar-refractivity contribution in [2.75, 3.05) is 5.32 Å². The number of aromatic amines is 1. The molecule has 0 aliphatic rings. The summed E-state index contributed by atoms with van der Waals surface area (Å²) in [6.45, 7) is 0. The van der Waals surface area contributed by atoms with E-state index in [0.717, 1.165) is 4.47 Å². The first-order chi connectivity index (χ1) is 10.0. The van der Waals surface area contributed by atoms with E-state index in [2.05, 4.69) is 36.5 Å². The van der Waals surface area contributed by atoms with E-state index in [9.17, 15) is 9.59 Å². The van der Waals surface area contributed by atoms with Gasteiger partial charge in [0.15, 0.2) is 0 Å². The van der Waals surface area contributed by atoms with Gasteiger partial charge >= 0.3 is 12.0 Å². The summed E-state index contributed by atoms with van der Waals surface area (Å²) >= 11 is 3.29. The largest absolute Gasteiger partial charge is 0.480 e. The summed E-state index contributed by atoms with van der Waals surface area (Å²) in [6, 6.07) is 5.31. The molecule has 1 unspecified atom stereocenters. The zero-order chi connectivity index (χ0) is 15.2. The van der Waals surface area contributed by atoms with Crippen molar-refractivity contribution >= 4 is 33.6 Å². The number of H-pyrrole nitrogens is 1. The number of aliphatic carboxylic acids is 1. The molecule has 1 aromatic heterocycles. The lowest BCUT2D eigenvalue weighted by Crippen LogP contribution is -2.44. The van der Waals surface area contributed by atoms with Crippen LogP contribution in [0.2, 0.25) is 0 Å². The van der Waals surface area contributed by atoms with Crippen LogP contribution in [0, 0.1) is 0 Å². The number of carboxylic acids is 1. The number of nitrogens with zero attached hydrogens (tertiary/aromatic N) is 1. The minimum atomic E-state index is -1.12. The molecule has 0 aliphatic heterocycles. The van der Waals surface area contributed by atoms with Crippen molar-refractivity contribution in [3.05, 3.63) is 47.0 Å². The van der Waals surface area contributed by atoms with Gasteiger partial charge in [-0.05, 0) is 24.3 Å². The first-order valence-electron chi connectivity index (χ1n) is 6.08. The van der Waals surface area contributed by atoms with E-state index in [1.54, 1.807) is 30.5 Å². The zero-order valence-corrected chi connectivity index (χ0v) is 12.4. The number of nitrogens with one attached hydrogen (secondary N) is 3. The van der Waals surface area contributed by atoms with Crippen molar-refractivity contribution in [1.82, 2.24) is 15.3 Å². The molecule has 2 aromatic rings. The van der Waals surface area contributed by atoms with Gasteiger partial charge in [-0.3, -0.25) is 0 Å². The van der Waals surface area contributed by atoms with Gasteiger partial charge in [0.05, 0.1) is 12.0 Å². The minimum Gasteiger partial charge on any atom is -0.480 e. The van der Waals surface area contributed by atoms with Crippen LogP contribution < -0.4 is 10.6 Å². The quantitative estimate of drug-likeness (QED) is 0.659. The normalized spacial score (nSPS) is 11.7. The van der Waals surface area contributed by atoms with Gasteiger partial charge < -0.3 is 20.7 Å². The van der Waals surface area contributed by atoms with Gasteiger partial charge in [0.25, 0.3) is 0 Å². The molecule has 1 atom stereocenters. The summed E-state index contributed by atoms with van der Waals surface area (Å²) < 4.78 is 0.885. The number of anilines is 1. The van der Waals surface area contributed by atoms with Crippen molar-refractivity contribution in [2.24, 2.45) is 0 Å². The number of aromatic nitrogens is 2. The highest BCUT2D eigenvalue weighted by Crippen LogP contribution is 2.14. The maximum atomic E-state index is 11.8. The number of imidazole rings is 1. The highest BCUT2D eigenvalue weighted by molar-refractivity contribution is 9.10. The number of hydrogen-bond acceptors (Lipinski definition) is 3. The third-order valence-corrected chi connectivity index (χ3v) is 3.20. The Morgan fingerprint density at radius 3 is 2.62 bits per heavy atom. The lowest BCUT2D eigenvalue weighted by molar-refractivity contribution is -0.139. The SMILES string of the molecule is O=C(Nc1ccc(Br)cc1)NC(Cc1c[nH]cn1)C(=O)O. The molecule has 8 heteroatoms. The fourth-order valence-electron chi connectivity index (χ4n) is 1.67. The predicted molar refractivity (Wildman–Crippen MR) is 80.0 cm³/mol. The second kappa shape index (κ2) is 6.89. The lowest BCUT2D eigenvalue weighted by atomic mass is 10.2. The standard InChI is InChI=1S/C13H13BrN4O3/c14-8-1-3-9(4-2-8)17-13(21)18-11(12(19)20)5-10-6-15-7-16-10/h1-4,6-7,11H,5H2,(H,15,16)(H,19,20)(H2,17,18,21). The van der Waals surface area contributed by atoms with Crippen LogP contribution in [0.25, 0.3) is 0 Å². The average molecular weight is 353 g/mol. The Morgan fingerprint density at radius 1 is 1.33 bits per heavy atom. The molecule has 1 heterocycles. The number of urea groups is 1. The van der Waals surface area contributed by atoms with Crippen LogP contribution in [0.3, 0.4) is 0 Å². The number of hydrogen-bond donors (Lipinski definition) is 4. The lowest BCUT2D eigenvalue weighted by Gasteiger charge is -2.14. The van der Waals surface area contributed by atoms with Crippen molar-refractivity contribution in [1.29, 1.82) is 0 Å². The molecule has 110 valence electrons. The Bertz CT molecular complexity index is 613. The average Bonchev–Trinajstić information content (AvgIpc) is 2.93. The first kappa shape index (κ1) is 15.0. The van der Waals surface area contributed by atoms with E-state index in [0.29, 0.717) is 11.4 Å². The highest BCUT2D eigenvalue weighted by atomic mass is 79.9. The topological polar surface area (TPSA) is 107 Å². The Balaban J connectivity index is 1.95. The minimum absolute atomic E-state index is 0.104. The van der Waals surface area contributed by atoms with E-state index in [4.69, 9.17) is 5.11 Å². The smallest absolute Gasteiger partial charge is 0.326 e. The summed E-state index contributed by atoms with van der Waals surface area (Å²) in [7, 11) is 0. The summed E-state index contributed by atoms with van der Waals surface area (Å²) in [5.74, 6) is -1.12. The Morgan fingerprint density at radius 2 is 2.05 bits per heavy atom. The van der Waals surface area contributed by atoms with E-state index in [1.807, 2.05) is 0 Å². The van der Waals surface area contributed by atoms with Crippen molar-refractivity contribution in [3.63, 3.8) is 0 Å². The molecule has 0 radical (unpaired) electrons. The molecule has 2 amide bonds. The maximum absolute atomic E-state index is 11.8. The van der Waals surface area contributed by atoms with Crippen molar-refractivity contribution in [2.45, 2.75) is 12.5 Å². The molecule has 21 heavy (non-hydrogen) atoms. The summed E-state index contributed by atoms with van der Waals surface area (Å²) in [4.78, 5) is 29.7. The van der Waals surface area contributed by atoms with Crippen LogP contribution in [0.4, 0.5) is 10.5 Å². The van der Waals surface area contributed by atoms with E-state index in [-0.39, 0.29) is 6.42 Å². The number of halogens is 1. The Kier molecular flexibility index (Phi) is 4.94. The monoisotopic (exact) mass is 352 g/mol. The molecule has 2 rings (SSSR count). The van der Waals surface area contributed by atoms with E-state index in [1.165, 1.54) is 6.33 Å². The van der Waals surface area contributed by atoms with Crippen molar-refractivity contribution < 1.29 is 14.7 Å². The molecule has 0 saturated carbocycles. The van der Waals surface area contributed by atoms with Crippen LogP contribution in [-0.4, -0.2) is 33.1 Å². The van der Waals surface area contributed by atoms with Gasteiger partial charge in [0.1, 0.15) is 6.04 Å². The van der Waals surface area contributed by atoms with Crippen LogP contribution in [0.5, 0.6) is 0 Å². The van der Waals surface area contributed by atoms with Crippen LogP contribution >= 0.6 is 15.9 Å². The van der Waals surface area contributed by atoms with Crippen LogP contribution in [0.15, 0.2) is 41.3 Å². The molecule has 4 N–H and O–H groups in total. The Hall–Kier alpha value is -2.35. The molecular formula is C13H13BrN4O3. The number of benzene rings is 1. The Labute approximate surface area is 128 Å². The fourth-order valence-corrected chi connectivity index (χ4v) is 1.93. The second-order valence-corrected chi connectivity index (χ2v) is 5.18. The van der Waals surface area contributed by atoms with Crippen molar-refractivity contribution in [3.8, 4) is 0 Å². The third kappa shape index (κ3) is 4.60. The van der Waals surface area contributed by atoms with Crippen LogP contribution in [-0.2, 0) is 11.2 Å². The molecule has 0 saturated heterocycles. The number of carboxylic acid groups (broad SMARTS) is 1. The maximum Gasteiger partial charge on any atom is 0.326 e. The first-order valence-corrected chi connectivity index (χ1v) is 6.87. The molecule has 0 spiro atoms. The zero-order valence-electron chi connectivity index (χ0n) is 10.8. The number of carbonyl (C=O) groups is 2. The van der Waals surface area contributed by atoms with Gasteiger partial charge in [-0.2, -0.15) is 0 Å².